The van der Waals surface area contributed by atoms with Crippen molar-refractivity contribution in [3.8, 4) is 0 Å². The van der Waals surface area contributed by atoms with Gasteiger partial charge < -0.3 is 5.32 Å². The number of halogens is 1. The highest BCUT2D eigenvalue weighted by Gasteiger charge is 2.07. The molecule has 1 amide bonds. The fourth-order valence-electron chi connectivity index (χ4n) is 1.82. The number of carbonyl (C=O) groups is 1. The Bertz CT molecular complexity index is 771. The van der Waals surface area contributed by atoms with Gasteiger partial charge in [0.25, 0.3) is 5.91 Å². The third-order valence-corrected chi connectivity index (χ3v) is 2.84. The lowest BCUT2D eigenvalue weighted by Crippen LogP contribution is -2.12. The zero-order valence-corrected chi connectivity index (χ0v) is 10.4. The van der Waals surface area contributed by atoms with Crippen molar-refractivity contribution in [2.45, 2.75) is 0 Å². The summed E-state index contributed by atoms with van der Waals surface area (Å²) in [6.07, 6.45) is 3.34. The van der Waals surface area contributed by atoms with Crippen molar-refractivity contribution < 1.29 is 9.18 Å². The van der Waals surface area contributed by atoms with Crippen LogP contribution in [0.1, 0.15) is 10.4 Å². The van der Waals surface area contributed by atoms with Crippen LogP contribution >= 0.6 is 0 Å². The number of amides is 1. The number of hydrogen-bond acceptors (Lipinski definition) is 3. The number of anilines is 1. The quantitative estimate of drug-likeness (QED) is 0.776. The van der Waals surface area contributed by atoms with Gasteiger partial charge in [-0.25, -0.2) is 9.37 Å². The molecule has 2 aromatic heterocycles. The number of fused-ring (bicyclic) bond motifs is 1. The van der Waals surface area contributed by atoms with E-state index in [1.54, 1.807) is 24.5 Å². The molecular weight excluding hydrogens is 257 g/mol. The van der Waals surface area contributed by atoms with E-state index in [0.717, 1.165) is 10.9 Å². The normalized spacial score (nSPS) is 10.4. The maximum absolute atomic E-state index is 12.8. The van der Waals surface area contributed by atoms with Crippen LogP contribution in [0.15, 0.2) is 54.9 Å². The summed E-state index contributed by atoms with van der Waals surface area (Å²) in [4.78, 5) is 20.3. The van der Waals surface area contributed by atoms with Crippen LogP contribution in [-0.2, 0) is 0 Å². The van der Waals surface area contributed by atoms with Crippen LogP contribution in [0, 0.1) is 5.82 Å². The molecule has 1 aromatic carbocycles. The van der Waals surface area contributed by atoms with Crippen LogP contribution in [0.5, 0.6) is 0 Å². The molecule has 0 aliphatic rings. The van der Waals surface area contributed by atoms with Crippen LogP contribution in [-0.4, -0.2) is 15.9 Å². The summed E-state index contributed by atoms with van der Waals surface area (Å²) in [5, 5.41) is 3.57. The molecule has 3 rings (SSSR count). The number of carbonyl (C=O) groups excluding carboxylic acids is 1. The Morgan fingerprint density at radius 2 is 1.85 bits per heavy atom. The minimum Gasteiger partial charge on any atom is -0.307 e. The SMILES string of the molecule is O=C(Nc1ccc2cnccc2n1)c1ccc(F)cc1. The summed E-state index contributed by atoms with van der Waals surface area (Å²) in [7, 11) is 0. The predicted octanol–water partition coefficient (Wildman–Crippen LogP) is 3.02. The van der Waals surface area contributed by atoms with Gasteiger partial charge in [0.15, 0.2) is 0 Å². The van der Waals surface area contributed by atoms with E-state index in [4.69, 9.17) is 0 Å². The summed E-state index contributed by atoms with van der Waals surface area (Å²) in [5.41, 5.74) is 1.12. The summed E-state index contributed by atoms with van der Waals surface area (Å²) in [6, 6.07) is 10.6. The first kappa shape index (κ1) is 12.2. The number of aromatic nitrogens is 2. The highest BCUT2D eigenvalue weighted by atomic mass is 19.1. The largest absolute Gasteiger partial charge is 0.307 e. The van der Waals surface area contributed by atoms with Crippen molar-refractivity contribution in [2.75, 3.05) is 5.32 Å². The number of nitrogens with zero attached hydrogens (tertiary/aromatic N) is 2. The Morgan fingerprint density at radius 3 is 2.65 bits per heavy atom. The Labute approximate surface area is 114 Å². The maximum Gasteiger partial charge on any atom is 0.256 e. The molecule has 0 aliphatic heterocycles. The topological polar surface area (TPSA) is 54.9 Å². The highest BCUT2D eigenvalue weighted by Crippen LogP contribution is 2.14. The third-order valence-electron chi connectivity index (χ3n) is 2.84. The van der Waals surface area contributed by atoms with Crippen molar-refractivity contribution in [1.82, 2.24) is 9.97 Å². The standard InChI is InChI=1S/C15H10FN3O/c16-12-4-1-10(2-5-12)15(20)19-14-6-3-11-9-17-8-7-13(11)18-14/h1-9H,(H,18,19,20). The zero-order chi connectivity index (χ0) is 13.9. The van der Waals surface area contributed by atoms with Crippen LogP contribution < -0.4 is 5.32 Å². The van der Waals surface area contributed by atoms with E-state index in [0.29, 0.717) is 11.4 Å². The lowest BCUT2D eigenvalue weighted by atomic mass is 10.2. The Hall–Kier alpha value is -2.82. The molecule has 0 unspecified atom stereocenters. The van der Waals surface area contributed by atoms with Gasteiger partial charge in [-0.3, -0.25) is 9.78 Å². The highest BCUT2D eigenvalue weighted by molar-refractivity contribution is 6.04. The van der Waals surface area contributed by atoms with Crippen molar-refractivity contribution in [2.24, 2.45) is 0 Å². The molecule has 3 aromatic rings. The van der Waals surface area contributed by atoms with Gasteiger partial charge in [-0.2, -0.15) is 0 Å². The van der Waals surface area contributed by atoms with Crippen molar-refractivity contribution in [3.63, 3.8) is 0 Å². The second-order valence-corrected chi connectivity index (χ2v) is 4.23. The van der Waals surface area contributed by atoms with Gasteiger partial charge in [0.2, 0.25) is 0 Å². The zero-order valence-electron chi connectivity index (χ0n) is 10.4. The van der Waals surface area contributed by atoms with Gasteiger partial charge in [0, 0.05) is 23.3 Å². The minimum absolute atomic E-state index is 0.328. The van der Waals surface area contributed by atoms with Crippen LogP contribution in [0.25, 0.3) is 10.9 Å². The molecule has 0 saturated carbocycles. The average Bonchev–Trinajstić information content (AvgIpc) is 2.48. The van der Waals surface area contributed by atoms with Crippen LogP contribution in [0.4, 0.5) is 10.2 Å². The van der Waals surface area contributed by atoms with E-state index in [1.807, 2.05) is 6.07 Å². The van der Waals surface area contributed by atoms with E-state index < -0.39 is 0 Å². The summed E-state index contributed by atoms with van der Waals surface area (Å²) in [5.74, 6) is -0.262. The second-order valence-electron chi connectivity index (χ2n) is 4.23. The van der Waals surface area contributed by atoms with Gasteiger partial charge in [0.1, 0.15) is 11.6 Å². The average molecular weight is 267 g/mol. The molecule has 0 radical (unpaired) electrons. The monoisotopic (exact) mass is 267 g/mol. The number of benzene rings is 1. The van der Waals surface area contributed by atoms with Gasteiger partial charge in [-0.15, -0.1) is 0 Å². The maximum atomic E-state index is 12.8. The van der Waals surface area contributed by atoms with E-state index in [1.165, 1.54) is 24.3 Å². The van der Waals surface area contributed by atoms with Crippen molar-refractivity contribution in [3.05, 3.63) is 66.2 Å². The summed E-state index contributed by atoms with van der Waals surface area (Å²) < 4.78 is 12.8. The molecule has 0 fully saturated rings. The van der Waals surface area contributed by atoms with Crippen LogP contribution in [0.2, 0.25) is 0 Å². The van der Waals surface area contributed by atoms with E-state index >= 15 is 0 Å². The predicted molar refractivity (Wildman–Crippen MR) is 73.9 cm³/mol. The van der Waals surface area contributed by atoms with E-state index in [2.05, 4.69) is 15.3 Å². The van der Waals surface area contributed by atoms with E-state index in [-0.39, 0.29) is 11.7 Å². The number of nitrogens with one attached hydrogen (secondary N) is 1. The lowest BCUT2D eigenvalue weighted by molar-refractivity contribution is 0.102. The first-order valence-electron chi connectivity index (χ1n) is 6.00. The van der Waals surface area contributed by atoms with E-state index in [9.17, 15) is 9.18 Å². The molecule has 5 heteroatoms. The van der Waals surface area contributed by atoms with Crippen LogP contribution in [0.3, 0.4) is 0 Å². The molecule has 1 N–H and O–H groups in total. The van der Waals surface area contributed by atoms with Gasteiger partial charge in [-0.1, -0.05) is 0 Å². The van der Waals surface area contributed by atoms with Gasteiger partial charge in [0.05, 0.1) is 5.52 Å². The summed E-state index contributed by atoms with van der Waals surface area (Å²) in [6.45, 7) is 0. The molecule has 2 heterocycles. The minimum atomic E-state index is -0.377. The lowest BCUT2D eigenvalue weighted by Gasteiger charge is -2.05. The molecular formula is C15H10FN3O. The first-order chi connectivity index (χ1) is 9.72. The molecule has 98 valence electrons. The number of pyridine rings is 2. The smallest absolute Gasteiger partial charge is 0.256 e. The molecule has 0 spiro atoms. The number of rotatable bonds is 2. The second kappa shape index (κ2) is 5.05. The van der Waals surface area contributed by atoms with Crippen molar-refractivity contribution in [1.29, 1.82) is 0 Å². The Morgan fingerprint density at radius 1 is 1.05 bits per heavy atom. The van der Waals surface area contributed by atoms with Crippen molar-refractivity contribution >= 4 is 22.6 Å². The van der Waals surface area contributed by atoms with Gasteiger partial charge >= 0.3 is 0 Å². The summed E-state index contributed by atoms with van der Waals surface area (Å²) >= 11 is 0. The third kappa shape index (κ3) is 2.47. The fourth-order valence-corrected chi connectivity index (χ4v) is 1.82. The van der Waals surface area contributed by atoms with Gasteiger partial charge in [-0.05, 0) is 42.5 Å². The first-order valence-corrected chi connectivity index (χ1v) is 6.00. The number of hydrogen-bond donors (Lipinski definition) is 1. The molecule has 20 heavy (non-hydrogen) atoms. The fraction of sp³-hybridized carbons (Fsp3) is 0. The molecule has 0 bridgehead atoms. The molecule has 0 atom stereocenters. The molecule has 4 nitrogen and oxygen atoms in total. The molecule has 0 saturated heterocycles. The Balaban J connectivity index is 1.85. The Kier molecular flexibility index (Phi) is 3.09. The molecule has 0 aliphatic carbocycles.